The molecule has 0 bridgehead atoms. The van der Waals surface area contributed by atoms with Crippen molar-refractivity contribution in [2.24, 2.45) is 0 Å². The molecule has 3 nitrogen and oxygen atoms in total. The highest BCUT2D eigenvalue weighted by Crippen LogP contribution is 2.06. The second-order valence-electron chi connectivity index (χ2n) is 3.64. The number of pyridine rings is 1. The summed E-state index contributed by atoms with van der Waals surface area (Å²) in [6.45, 7) is 0. The molecule has 80 valence electrons. The van der Waals surface area contributed by atoms with Crippen molar-refractivity contribution >= 4 is 19.6 Å². The van der Waals surface area contributed by atoms with Gasteiger partial charge in [-0.1, -0.05) is 6.07 Å². The van der Waals surface area contributed by atoms with Crippen LogP contribution in [0.4, 0.5) is 0 Å². The van der Waals surface area contributed by atoms with Gasteiger partial charge in [0, 0.05) is 14.4 Å². The van der Waals surface area contributed by atoms with Crippen LogP contribution in [-0.2, 0) is 0 Å². The van der Waals surface area contributed by atoms with Crippen LogP contribution in [0.3, 0.4) is 0 Å². The molecule has 1 heterocycles. The van der Waals surface area contributed by atoms with Gasteiger partial charge in [-0.2, -0.15) is 0 Å². The van der Waals surface area contributed by atoms with Crippen LogP contribution in [0.5, 0.6) is 0 Å². The van der Waals surface area contributed by atoms with Crippen molar-refractivity contribution < 1.29 is 4.58 Å². The van der Waals surface area contributed by atoms with Gasteiger partial charge in [0.2, 0.25) is 0 Å². The third-order valence-electron chi connectivity index (χ3n) is 1.73. The molecule has 0 amide bonds. The Hall–Kier alpha value is -1.05. The molecule has 0 fully saturated rings. The van der Waals surface area contributed by atoms with Gasteiger partial charge in [-0.25, -0.2) is 4.58 Å². The molecular weight excluding hydrogens is 205 g/mol. The lowest BCUT2D eigenvalue weighted by Gasteiger charge is -2.12. The smallest absolute Gasteiger partial charge is 0.190 e. The van der Waals surface area contributed by atoms with Crippen molar-refractivity contribution in [3.8, 4) is 0 Å². The van der Waals surface area contributed by atoms with Gasteiger partial charge in [-0.3, -0.25) is 9.88 Å². The van der Waals surface area contributed by atoms with E-state index in [1.807, 2.05) is 57.2 Å². The zero-order chi connectivity index (χ0) is 11.3. The van der Waals surface area contributed by atoms with E-state index in [4.69, 9.17) is 0 Å². The van der Waals surface area contributed by atoms with Crippen molar-refractivity contribution in [2.45, 2.75) is 0 Å². The Labute approximate surface area is 92.9 Å². The Balaban J connectivity index is 3.04. The number of nitrogens with zero attached hydrogens (tertiary/aromatic N) is 3. The molecule has 1 aromatic rings. The summed E-state index contributed by atoms with van der Waals surface area (Å²) < 4.78 is 2.05. The van der Waals surface area contributed by atoms with Crippen molar-refractivity contribution in [3.05, 3.63) is 30.1 Å². The zero-order valence-electron chi connectivity index (χ0n) is 9.68. The van der Waals surface area contributed by atoms with Crippen LogP contribution in [0.2, 0.25) is 0 Å². The molecular formula is C11H17N3P+. The predicted octanol–water partition coefficient (Wildman–Crippen LogP) is 1.37. The van der Waals surface area contributed by atoms with E-state index in [2.05, 4.69) is 15.8 Å². The molecule has 4 heteroatoms. The molecule has 0 saturated carbocycles. The fraction of sp³-hybridized carbons (Fsp3) is 0.364. The maximum absolute atomic E-state index is 4.35. The summed E-state index contributed by atoms with van der Waals surface area (Å²) in [6, 6.07) is 5.98. The lowest BCUT2D eigenvalue weighted by molar-refractivity contribution is -0.456. The fourth-order valence-electron chi connectivity index (χ4n) is 1.08. The van der Waals surface area contributed by atoms with Crippen LogP contribution < -0.4 is 0 Å². The molecule has 1 rings (SSSR count). The van der Waals surface area contributed by atoms with E-state index in [0.717, 1.165) is 13.9 Å². The molecule has 0 spiro atoms. The summed E-state index contributed by atoms with van der Waals surface area (Å²) in [7, 11) is 9.29. The third kappa shape index (κ3) is 3.90. The first-order chi connectivity index (χ1) is 7.11. The summed E-state index contributed by atoms with van der Waals surface area (Å²) in [5, 5.41) is 0. The minimum Gasteiger partial charge on any atom is -0.275 e. The van der Waals surface area contributed by atoms with Gasteiger partial charge in [0.25, 0.3) is 0 Å². The van der Waals surface area contributed by atoms with Crippen molar-refractivity contribution in [3.63, 3.8) is 0 Å². The molecule has 1 aromatic heterocycles. The van der Waals surface area contributed by atoms with Crippen molar-refractivity contribution in [1.29, 1.82) is 0 Å². The van der Waals surface area contributed by atoms with Gasteiger partial charge < -0.3 is 0 Å². The molecule has 15 heavy (non-hydrogen) atoms. The van der Waals surface area contributed by atoms with Gasteiger partial charge in [0.15, 0.2) is 5.96 Å². The predicted molar refractivity (Wildman–Crippen MR) is 67.1 cm³/mol. The summed E-state index contributed by atoms with van der Waals surface area (Å²) in [5.74, 6) is 2.12. The molecule has 0 aliphatic heterocycles. The van der Waals surface area contributed by atoms with E-state index in [1.54, 1.807) is 0 Å². The standard InChI is InChI=1S/C11H17N3P/c1-13(2)9-15-11(14(3)4)10-7-5-6-8-12-10/h5-9H,1-4H3/q+1. The van der Waals surface area contributed by atoms with Gasteiger partial charge in [-0.15, -0.1) is 0 Å². The van der Waals surface area contributed by atoms with Crippen molar-refractivity contribution in [2.75, 3.05) is 28.2 Å². The topological polar surface area (TPSA) is 19.1 Å². The highest BCUT2D eigenvalue weighted by Gasteiger charge is 2.05. The molecule has 0 radical (unpaired) electrons. The first kappa shape index (κ1) is 12.0. The molecule has 0 saturated heterocycles. The van der Waals surface area contributed by atoms with Crippen LogP contribution >= 0.6 is 8.20 Å². The van der Waals surface area contributed by atoms with E-state index in [0.29, 0.717) is 0 Å². The Kier molecular flexibility index (Phi) is 4.60. The molecule has 0 aromatic carbocycles. The van der Waals surface area contributed by atoms with E-state index in [1.165, 1.54) is 5.42 Å². The van der Waals surface area contributed by atoms with E-state index in [9.17, 15) is 0 Å². The van der Waals surface area contributed by atoms with Crippen LogP contribution in [-0.4, -0.2) is 54.0 Å². The Morgan fingerprint density at radius 2 is 2.13 bits per heavy atom. The normalized spacial score (nSPS) is 11.7. The number of rotatable bonds is 3. The van der Waals surface area contributed by atoms with Gasteiger partial charge in [0.1, 0.15) is 14.1 Å². The second kappa shape index (κ2) is 5.74. The average molecular weight is 222 g/mol. The fourth-order valence-corrected chi connectivity index (χ4v) is 1.91. The van der Waals surface area contributed by atoms with Crippen LogP contribution in [0.15, 0.2) is 24.4 Å². The van der Waals surface area contributed by atoms with E-state index in [-0.39, 0.29) is 0 Å². The highest BCUT2D eigenvalue weighted by molar-refractivity contribution is 7.56. The Morgan fingerprint density at radius 1 is 1.40 bits per heavy atom. The molecule has 0 N–H and O–H groups in total. The number of hydrogen-bond acceptors (Lipinski definition) is 1. The molecule has 0 aliphatic carbocycles. The minimum atomic E-state index is 1.03. The monoisotopic (exact) mass is 222 g/mol. The van der Waals surface area contributed by atoms with Gasteiger partial charge in [-0.05, 0) is 26.2 Å². The summed E-state index contributed by atoms with van der Waals surface area (Å²) in [6.07, 6.45) is 1.82. The maximum Gasteiger partial charge on any atom is 0.190 e. The third-order valence-corrected chi connectivity index (χ3v) is 3.18. The lowest BCUT2D eigenvalue weighted by Crippen LogP contribution is -2.22. The summed E-state index contributed by atoms with van der Waals surface area (Å²) in [4.78, 5) is 6.46. The van der Waals surface area contributed by atoms with E-state index >= 15 is 0 Å². The van der Waals surface area contributed by atoms with Crippen molar-refractivity contribution in [1.82, 2.24) is 9.88 Å². The Morgan fingerprint density at radius 3 is 2.60 bits per heavy atom. The van der Waals surface area contributed by atoms with Gasteiger partial charge in [0.05, 0.1) is 11.1 Å². The lowest BCUT2D eigenvalue weighted by atomic mass is 10.3. The van der Waals surface area contributed by atoms with Crippen LogP contribution in [0.25, 0.3) is 0 Å². The quantitative estimate of drug-likeness (QED) is 0.437. The molecule has 0 aliphatic rings. The summed E-state index contributed by atoms with van der Waals surface area (Å²) >= 11 is 0. The first-order valence-corrected chi connectivity index (χ1v) is 5.74. The second-order valence-corrected chi connectivity index (χ2v) is 4.55. The minimum absolute atomic E-state index is 1.03. The van der Waals surface area contributed by atoms with Crippen LogP contribution in [0.1, 0.15) is 5.69 Å². The van der Waals surface area contributed by atoms with Crippen LogP contribution in [0, 0.1) is 0 Å². The maximum atomic E-state index is 4.35. The molecule has 0 atom stereocenters. The largest absolute Gasteiger partial charge is 0.275 e. The van der Waals surface area contributed by atoms with Gasteiger partial charge >= 0.3 is 0 Å². The average Bonchev–Trinajstić information content (AvgIpc) is 2.18. The number of hydrogen-bond donors (Lipinski definition) is 0. The number of aromatic nitrogens is 1. The highest BCUT2D eigenvalue weighted by atomic mass is 31.1. The molecule has 0 unspecified atom stereocenters. The summed E-state index contributed by atoms with van der Waals surface area (Å²) in [5.41, 5.74) is 2.23. The first-order valence-electron chi connectivity index (χ1n) is 4.77. The Bertz CT molecular complexity index is 365. The SMILES string of the molecule is CN(C)C(=PC=[N+](C)C)c1ccccn1. The van der Waals surface area contributed by atoms with E-state index < -0.39 is 0 Å². The zero-order valence-corrected chi connectivity index (χ0v) is 10.6.